The van der Waals surface area contributed by atoms with Crippen LogP contribution in [0.4, 0.5) is 8.78 Å². The minimum absolute atomic E-state index is 0.133. The van der Waals surface area contributed by atoms with Gasteiger partial charge in [0.25, 0.3) is 11.8 Å². The molecule has 1 aliphatic rings. The number of hydrogen-bond donors (Lipinski definition) is 2. The summed E-state index contributed by atoms with van der Waals surface area (Å²) in [6, 6.07) is 6.03. The van der Waals surface area contributed by atoms with E-state index in [4.69, 9.17) is 9.84 Å². The number of aliphatic hydroxyl groups is 1. The molecule has 1 aliphatic carbocycles. The molecule has 1 aromatic carbocycles. The molecule has 0 bridgehead atoms. The summed E-state index contributed by atoms with van der Waals surface area (Å²) >= 11 is 1.35. The summed E-state index contributed by atoms with van der Waals surface area (Å²) in [6.07, 6.45) is -1.33. The molecule has 0 radical (unpaired) electrons. The zero-order valence-corrected chi connectivity index (χ0v) is 12.8. The van der Waals surface area contributed by atoms with Crippen molar-refractivity contribution in [3.63, 3.8) is 0 Å². The van der Waals surface area contributed by atoms with Gasteiger partial charge in [-0.25, -0.2) is 13.8 Å². The molecule has 8 heteroatoms. The van der Waals surface area contributed by atoms with Gasteiger partial charge >= 0.3 is 0 Å². The Morgan fingerprint density at radius 2 is 2.13 bits per heavy atom. The molecule has 0 spiro atoms. The summed E-state index contributed by atoms with van der Waals surface area (Å²) in [7, 11) is 0. The van der Waals surface area contributed by atoms with E-state index in [9.17, 15) is 13.6 Å². The van der Waals surface area contributed by atoms with Crippen LogP contribution in [0.25, 0.3) is 0 Å². The Balaban J connectivity index is 1.53. The summed E-state index contributed by atoms with van der Waals surface area (Å²) in [5.74, 6) is -2.72. The van der Waals surface area contributed by atoms with Gasteiger partial charge in [-0.05, 0) is 24.3 Å². The minimum atomic E-state index is -2.74. The first kappa shape index (κ1) is 15.8. The second-order valence-corrected chi connectivity index (χ2v) is 6.11. The number of amides is 1. The van der Waals surface area contributed by atoms with Crippen molar-refractivity contribution in [2.24, 2.45) is 0 Å². The van der Waals surface area contributed by atoms with Crippen LogP contribution in [0.5, 0.6) is 5.75 Å². The van der Waals surface area contributed by atoms with E-state index in [2.05, 4.69) is 10.3 Å². The monoisotopic (exact) mass is 340 g/mol. The third-order valence-corrected chi connectivity index (χ3v) is 4.22. The van der Waals surface area contributed by atoms with E-state index in [-0.39, 0.29) is 25.5 Å². The molecular weight excluding hydrogens is 326 g/mol. The number of benzene rings is 1. The van der Waals surface area contributed by atoms with Crippen molar-refractivity contribution in [3.05, 3.63) is 45.9 Å². The predicted octanol–water partition coefficient (Wildman–Crippen LogP) is 2.35. The number of nitrogens with zero attached hydrogens (tertiary/aromatic N) is 1. The average Bonchev–Trinajstić information content (AvgIpc) is 2.95. The van der Waals surface area contributed by atoms with Crippen molar-refractivity contribution in [1.82, 2.24) is 10.3 Å². The van der Waals surface area contributed by atoms with Crippen molar-refractivity contribution in [3.8, 4) is 5.75 Å². The largest absolute Gasteiger partial charge is 0.484 e. The van der Waals surface area contributed by atoms with Crippen molar-refractivity contribution in [2.45, 2.75) is 31.6 Å². The number of carbonyl (C=O) groups is 1. The summed E-state index contributed by atoms with van der Waals surface area (Å²) in [5.41, 5.74) is 0.969. The maximum absolute atomic E-state index is 12.8. The number of hydrogen-bond acceptors (Lipinski definition) is 5. The normalized spacial score (nSPS) is 18.5. The van der Waals surface area contributed by atoms with Crippen LogP contribution >= 0.6 is 11.3 Å². The Kier molecular flexibility index (Phi) is 4.27. The SMILES string of the molecule is O=C(NCc1nc(CO)cs1)c1ccc(OC2CC2(F)F)cc1. The maximum Gasteiger partial charge on any atom is 0.288 e. The Morgan fingerprint density at radius 1 is 1.43 bits per heavy atom. The first-order chi connectivity index (χ1) is 11.0. The third-order valence-electron chi connectivity index (χ3n) is 3.32. The Hall–Kier alpha value is -2.06. The number of rotatable bonds is 6. The number of ether oxygens (including phenoxy) is 1. The van der Waals surface area contributed by atoms with Gasteiger partial charge in [0, 0.05) is 10.9 Å². The Labute approximate surface area is 134 Å². The highest BCUT2D eigenvalue weighted by Crippen LogP contribution is 2.44. The molecule has 1 amide bonds. The van der Waals surface area contributed by atoms with Gasteiger partial charge in [0.1, 0.15) is 10.8 Å². The quantitative estimate of drug-likeness (QED) is 0.847. The zero-order valence-electron chi connectivity index (χ0n) is 12.0. The van der Waals surface area contributed by atoms with Crippen LogP contribution in [0.1, 0.15) is 27.5 Å². The number of halogens is 2. The van der Waals surface area contributed by atoms with Gasteiger partial charge in [-0.2, -0.15) is 0 Å². The third kappa shape index (κ3) is 3.83. The molecule has 2 N–H and O–H groups in total. The van der Waals surface area contributed by atoms with Crippen LogP contribution in [0.3, 0.4) is 0 Å². The lowest BCUT2D eigenvalue weighted by atomic mass is 10.2. The number of aliphatic hydroxyl groups excluding tert-OH is 1. The van der Waals surface area contributed by atoms with Gasteiger partial charge in [0.05, 0.1) is 25.3 Å². The predicted molar refractivity (Wildman–Crippen MR) is 79.6 cm³/mol. The van der Waals surface area contributed by atoms with Gasteiger partial charge < -0.3 is 15.2 Å². The fourth-order valence-corrected chi connectivity index (χ4v) is 2.65. The van der Waals surface area contributed by atoms with Gasteiger partial charge in [-0.3, -0.25) is 4.79 Å². The van der Waals surface area contributed by atoms with E-state index < -0.39 is 12.0 Å². The number of aromatic nitrogens is 1. The van der Waals surface area contributed by atoms with E-state index in [1.807, 2.05) is 0 Å². The number of alkyl halides is 2. The molecule has 0 saturated heterocycles. The van der Waals surface area contributed by atoms with Crippen LogP contribution in [0.15, 0.2) is 29.6 Å². The summed E-state index contributed by atoms with van der Waals surface area (Å²) in [4.78, 5) is 16.1. The Bertz CT molecular complexity index is 703. The van der Waals surface area contributed by atoms with Gasteiger partial charge in [-0.1, -0.05) is 0 Å². The molecule has 1 aromatic heterocycles. The molecule has 3 rings (SSSR count). The number of nitrogens with one attached hydrogen (secondary N) is 1. The molecule has 1 unspecified atom stereocenters. The molecule has 23 heavy (non-hydrogen) atoms. The summed E-state index contributed by atoms with van der Waals surface area (Å²) < 4.78 is 30.6. The van der Waals surface area contributed by atoms with E-state index in [0.29, 0.717) is 22.0 Å². The first-order valence-corrected chi connectivity index (χ1v) is 7.83. The first-order valence-electron chi connectivity index (χ1n) is 6.95. The average molecular weight is 340 g/mol. The number of thiazole rings is 1. The van der Waals surface area contributed by atoms with Crippen LogP contribution in [-0.4, -0.2) is 28.0 Å². The van der Waals surface area contributed by atoms with Crippen molar-refractivity contribution >= 4 is 17.2 Å². The van der Waals surface area contributed by atoms with Gasteiger partial charge in [-0.15, -0.1) is 11.3 Å². The lowest BCUT2D eigenvalue weighted by Gasteiger charge is -2.07. The highest BCUT2D eigenvalue weighted by molar-refractivity contribution is 7.09. The molecule has 1 atom stereocenters. The van der Waals surface area contributed by atoms with Crippen LogP contribution in [0.2, 0.25) is 0 Å². The fourth-order valence-electron chi connectivity index (χ4n) is 1.93. The molecule has 2 aromatic rings. The molecule has 1 fully saturated rings. The topological polar surface area (TPSA) is 71.5 Å². The second kappa shape index (κ2) is 6.21. The molecule has 1 heterocycles. The highest BCUT2D eigenvalue weighted by atomic mass is 32.1. The molecule has 1 saturated carbocycles. The van der Waals surface area contributed by atoms with Gasteiger partial charge in [0.2, 0.25) is 0 Å². The zero-order chi connectivity index (χ0) is 16.4. The van der Waals surface area contributed by atoms with Crippen molar-refractivity contribution in [2.75, 3.05) is 0 Å². The number of carbonyl (C=O) groups excluding carboxylic acids is 1. The fraction of sp³-hybridized carbons (Fsp3) is 0.333. The standard InChI is InChI=1S/C15H14F2N2O3S/c16-15(17)5-12(15)22-11-3-1-9(2-4-11)14(21)18-6-13-19-10(7-20)8-23-13/h1-4,8,12,20H,5-7H2,(H,18,21). The van der Waals surface area contributed by atoms with E-state index in [1.165, 1.54) is 35.6 Å². The van der Waals surface area contributed by atoms with Crippen LogP contribution < -0.4 is 10.1 Å². The summed E-state index contributed by atoms with van der Waals surface area (Å²) in [5, 5.41) is 14.1. The molecule has 5 nitrogen and oxygen atoms in total. The minimum Gasteiger partial charge on any atom is -0.484 e. The van der Waals surface area contributed by atoms with E-state index >= 15 is 0 Å². The summed E-state index contributed by atoms with van der Waals surface area (Å²) in [6.45, 7) is 0.127. The second-order valence-electron chi connectivity index (χ2n) is 5.17. The highest BCUT2D eigenvalue weighted by Gasteiger charge is 2.59. The van der Waals surface area contributed by atoms with Crippen LogP contribution in [0, 0.1) is 0 Å². The molecule has 122 valence electrons. The van der Waals surface area contributed by atoms with Crippen molar-refractivity contribution in [1.29, 1.82) is 0 Å². The maximum atomic E-state index is 12.8. The lowest BCUT2D eigenvalue weighted by molar-refractivity contribution is 0.0665. The van der Waals surface area contributed by atoms with E-state index in [1.54, 1.807) is 5.38 Å². The lowest BCUT2D eigenvalue weighted by Crippen LogP contribution is -2.22. The Morgan fingerprint density at radius 3 is 2.70 bits per heavy atom. The van der Waals surface area contributed by atoms with Crippen molar-refractivity contribution < 1.29 is 23.4 Å². The molecular formula is C15H14F2N2O3S. The van der Waals surface area contributed by atoms with Crippen LogP contribution in [-0.2, 0) is 13.2 Å². The molecule has 0 aliphatic heterocycles. The smallest absolute Gasteiger partial charge is 0.288 e. The van der Waals surface area contributed by atoms with Gasteiger partial charge in [0.15, 0.2) is 6.10 Å². The van der Waals surface area contributed by atoms with E-state index in [0.717, 1.165) is 0 Å².